The third-order valence-electron chi connectivity index (χ3n) is 3.11. The summed E-state index contributed by atoms with van der Waals surface area (Å²) in [5.74, 6) is 0.363. The van der Waals surface area contributed by atoms with Crippen LogP contribution in [-0.2, 0) is 6.54 Å². The summed E-state index contributed by atoms with van der Waals surface area (Å²) in [6.45, 7) is 2.63. The van der Waals surface area contributed by atoms with Crippen LogP contribution < -0.4 is 11.1 Å². The summed E-state index contributed by atoms with van der Waals surface area (Å²) in [7, 11) is 0. The van der Waals surface area contributed by atoms with Gasteiger partial charge in [0.2, 0.25) is 0 Å². The van der Waals surface area contributed by atoms with Gasteiger partial charge in [0.25, 0.3) is 5.91 Å². The molecule has 5 nitrogen and oxygen atoms in total. The number of carbonyl (C=O) groups excluding carboxylic acids is 1. The van der Waals surface area contributed by atoms with Crippen molar-refractivity contribution in [3.63, 3.8) is 0 Å². The lowest BCUT2D eigenvalue weighted by molar-refractivity contribution is 0.0939. The van der Waals surface area contributed by atoms with Gasteiger partial charge >= 0.3 is 0 Å². The van der Waals surface area contributed by atoms with Crippen LogP contribution in [0.3, 0.4) is 0 Å². The number of amides is 1. The highest BCUT2D eigenvalue weighted by Gasteiger charge is 2.20. The number of aryl methyl sites for hydroxylation is 1. The SMILES string of the molecule is CCn1ncc(C(=O)NC2CCCC2)c1N. The number of nitrogens with zero attached hydrogens (tertiary/aromatic N) is 2. The van der Waals surface area contributed by atoms with Gasteiger partial charge in [-0.25, -0.2) is 4.68 Å². The van der Waals surface area contributed by atoms with Crippen LogP contribution in [0, 0.1) is 0 Å². The van der Waals surface area contributed by atoms with Crippen LogP contribution in [0.4, 0.5) is 5.82 Å². The molecule has 1 fully saturated rings. The van der Waals surface area contributed by atoms with Gasteiger partial charge in [0.05, 0.1) is 6.20 Å². The number of anilines is 1. The maximum Gasteiger partial charge on any atom is 0.256 e. The molecule has 0 saturated heterocycles. The summed E-state index contributed by atoms with van der Waals surface area (Å²) in [5, 5.41) is 7.06. The minimum absolute atomic E-state index is 0.0934. The number of carbonyl (C=O) groups is 1. The van der Waals surface area contributed by atoms with Crippen molar-refractivity contribution >= 4 is 11.7 Å². The second-order valence-corrected chi connectivity index (χ2v) is 4.21. The minimum atomic E-state index is -0.0934. The fraction of sp³-hybridized carbons (Fsp3) is 0.636. The van der Waals surface area contributed by atoms with E-state index in [9.17, 15) is 4.79 Å². The standard InChI is InChI=1S/C11H18N4O/c1-2-15-10(12)9(7-13-15)11(16)14-8-5-3-4-6-8/h7-8H,2-6,12H2,1H3,(H,14,16). The van der Waals surface area contributed by atoms with Crippen molar-refractivity contribution in [2.75, 3.05) is 5.73 Å². The molecule has 1 aromatic rings. The van der Waals surface area contributed by atoms with Crippen molar-refractivity contribution in [1.29, 1.82) is 0 Å². The largest absolute Gasteiger partial charge is 0.383 e. The second-order valence-electron chi connectivity index (χ2n) is 4.21. The van der Waals surface area contributed by atoms with Crippen molar-refractivity contribution in [2.45, 2.75) is 45.2 Å². The maximum absolute atomic E-state index is 11.9. The molecule has 0 radical (unpaired) electrons. The molecule has 0 unspecified atom stereocenters. The molecule has 1 aliphatic rings. The van der Waals surface area contributed by atoms with Gasteiger partial charge in [0.15, 0.2) is 0 Å². The van der Waals surface area contributed by atoms with Crippen LogP contribution in [0.15, 0.2) is 6.20 Å². The van der Waals surface area contributed by atoms with Gasteiger partial charge in [-0.3, -0.25) is 4.79 Å². The maximum atomic E-state index is 11.9. The molecule has 16 heavy (non-hydrogen) atoms. The van der Waals surface area contributed by atoms with Crippen molar-refractivity contribution in [3.05, 3.63) is 11.8 Å². The second kappa shape index (κ2) is 4.55. The lowest BCUT2D eigenvalue weighted by atomic mass is 10.2. The molecule has 5 heteroatoms. The molecule has 1 heterocycles. The molecule has 0 bridgehead atoms. The van der Waals surface area contributed by atoms with Crippen LogP contribution in [0.5, 0.6) is 0 Å². The molecule has 1 aromatic heterocycles. The summed E-state index contributed by atoms with van der Waals surface area (Å²) in [4.78, 5) is 11.9. The summed E-state index contributed by atoms with van der Waals surface area (Å²) in [6, 6.07) is 0.317. The minimum Gasteiger partial charge on any atom is -0.383 e. The van der Waals surface area contributed by atoms with Gasteiger partial charge in [-0.2, -0.15) is 5.10 Å². The monoisotopic (exact) mass is 222 g/mol. The first-order valence-corrected chi connectivity index (χ1v) is 5.84. The predicted molar refractivity (Wildman–Crippen MR) is 62.0 cm³/mol. The molecular formula is C11H18N4O. The molecule has 0 atom stereocenters. The Bertz CT molecular complexity index is 379. The van der Waals surface area contributed by atoms with Crippen molar-refractivity contribution in [1.82, 2.24) is 15.1 Å². The third kappa shape index (κ3) is 2.03. The first-order valence-electron chi connectivity index (χ1n) is 5.84. The number of hydrogen-bond acceptors (Lipinski definition) is 3. The van der Waals surface area contributed by atoms with E-state index in [0.717, 1.165) is 12.8 Å². The van der Waals surface area contributed by atoms with Crippen molar-refractivity contribution in [2.24, 2.45) is 0 Å². The van der Waals surface area contributed by atoms with Crippen LogP contribution >= 0.6 is 0 Å². The number of nitrogens with one attached hydrogen (secondary N) is 1. The van der Waals surface area contributed by atoms with E-state index in [1.165, 1.54) is 12.8 Å². The zero-order valence-electron chi connectivity index (χ0n) is 9.57. The zero-order chi connectivity index (χ0) is 11.5. The number of rotatable bonds is 3. The Morgan fingerprint density at radius 2 is 2.31 bits per heavy atom. The molecule has 88 valence electrons. The average Bonchev–Trinajstić information content (AvgIpc) is 2.87. The number of nitrogens with two attached hydrogens (primary N) is 1. The van der Waals surface area contributed by atoms with E-state index < -0.39 is 0 Å². The molecule has 3 N–H and O–H groups in total. The molecule has 1 amide bonds. The molecule has 1 saturated carbocycles. The predicted octanol–water partition coefficient (Wildman–Crippen LogP) is 1.16. The Morgan fingerprint density at radius 1 is 1.62 bits per heavy atom. The Labute approximate surface area is 95.0 Å². The van der Waals surface area contributed by atoms with E-state index >= 15 is 0 Å². The topological polar surface area (TPSA) is 72.9 Å². The normalized spacial score (nSPS) is 16.6. The zero-order valence-corrected chi connectivity index (χ0v) is 9.57. The Hall–Kier alpha value is -1.52. The van der Waals surface area contributed by atoms with E-state index in [1.54, 1.807) is 10.9 Å². The van der Waals surface area contributed by atoms with E-state index in [1.807, 2.05) is 6.92 Å². The third-order valence-corrected chi connectivity index (χ3v) is 3.11. The highest BCUT2D eigenvalue weighted by Crippen LogP contribution is 2.19. The van der Waals surface area contributed by atoms with Crippen molar-refractivity contribution in [3.8, 4) is 0 Å². The van der Waals surface area contributed by atoms with Crippen LogP contribution in [-0.4, -0.2) is 21.7 Å². The van der Waals surface area contributed by atoms with Gasteiger partial charge in [-0.15, -0.1) is 0 Å². The number of nitrogen functional groups attached to an aromatic ring is 1. The van der Waals surface area contributed by atoms with Gasteiger partial charge in [-0.1, -0.05) is 12.8 Å². The van der Waals surface area contributed by atoms with Crippen LogP contribution in [0.25, 0.3) is 0 Å². The highest BCUT2D eigenvalue weighted by atomic mass is 16.1. The molecule has 0 spiro atoms. The van der Waals surface area contributed by atoms with Gasteiger partial charge in [-0.05, 0) is 19.8 Å². The molecule has 1 aliphatic carbocycles. The fourth-order valence-corrected chi connectivity index (χ4v) is 2.16. The van der Waals surface area contributed by atoms with E-state index in [0.29, 0.717) is 24.0 Å². The Kier molecular flexibility index (Phi) is 3.12. The molecule has 2 rings (SSSR count). The fourth-order valence-electron chi connectivity index (χ4n) is 2.16. The lowest BCUT2D eigenvalue weighted by Gasteiger charge is -2.11. The van der Waals surface area contributed by atoms with Gasteiger partial charge < -0.3 is 11.1 Å². The van der Waals surface area contributed by atoms with E-state index in [-0.39, 0.29) is 5.91 Å². The molecular weight excluding hydrogens is 204 g/mol. The Balaban J connectivity index is 2.05. The quantitative estimate of drug-likeness (QED) is 0.806. The van der Waals surface area contributed by atoms with Crippen LogP contribution in [0.2, 0.25) is 0 Å². The van der Waals surface area contributed by atoms with E-state index in [2.05, 4.69) is 10.4 Å². The summed E-state index contributed by atoms with van der Waals surface area (Å²) in [6.07, 6.45) is 6.10. The highest BCUT2D eigenvalue weighted by molar-refractivity contribution is 5.98. The van der Waals surface area contributed by atoms with Gasteiger partial charge in [0.1, 0.15) is 11.4 Å². The average molecular weight is 222 g/mol. The Morgan fingerprint density at radius 3 is 2.88 bits per heavy atom. The first kappa shape index (κ1) is 11.0. The summed E-state index contributed by atoms with van der Waals surface area (Å²) < 4.78 is 1.63. The summed E-state index contributed by atoms with van der Waals surface area (Å²) in [5.41, 5.74) is 6.32. The van der Waals surface area contributed by atoms with Crippen LogP contribution in [0.1, 0.15) is 43.0 Å². The van der Waals surface area contributed by atoms with Crippen molar-refractivity contribution < 1.29 is 4.79 Å². The molecule has 0 aliphatic heterocycles. The summed E-state index contributed by atoms with van der Waals surface area (Å²) >= 11 is 0. The number of hydrogen-bond donors (Lipinski definition) is 2. The number of aromatic nitrogens is 2. The lowest BCUT2D eigenvalue weighted by Crippen LogP contribution is -2.32. The first-order chi connectivity index (χ1) is 7.72. The van der Waals surface area contributed by atoms with Gasteiger partial charge in [0, 0.05) is 12.6 Å². The smallest absolute Gasteiger partial charge is 0.256 e. The molecule has 0 aromatic carbocycles. The van der Waals surface area contributed by atoms with E-state index in [4.69, 9.17) is 5.73 Å².